The third-order valence-electron chi connectivity index (χ3n) is 2.33. The SMILES string of the molecule is Cc1cncc(COc2cccc(C=O)c2)c1. The van der Waals surface area contributed by atoms with Crippen LogP contribution in [0.4, 0.5) is 0 Å². The molecule has 0 aliphatic carbocycles. The van der Waals surface area contributed by atoms with Crippen LogP contribution in [0.5, 0.6) is 5.75 Å². The molecule has 0 saturated carbocycles. The third-order valence-corrected chi connectivity index (χ3v) is 2.33. The molecule has 1 heterocycles. The van der Waals surface area contributed by atoms with Gasteiger partial charge in [0.25, 0.3) is 0 Å². The van der Waals surface area contributed by atoms with Crippen LogP contribution >= 0.6 is 0 Å². The summed E-state index contributed by atoms with van der Waals surface area (Å²) in [7, 11) is 0. The van der Waals surface area contributed by atoms with Crippen LogP contribution in [-0.2, 0) is 6.61 Å². The van der Waals surface area contributed by atoms with Gasteiger partial charge >= 0.3 is 0 Å². The van der Waals surface area contributed by atoms with Crippen LogP contribution in [0.2, 0.25) is 0 Å². The van der Waals surface area contributed by atoms with Gasteiger partial charge in [0, 0.05) is 23.5 Å². The molecule has 0 fully saturated rings. The molecule has 1 aromatic carbocycles. The number of aromatic nitrogens is 1. The molecule has 86 valence electrons. The Hall–Kier alpha value is -2.16. The lowest BCUT2D eigenvalue weighted by atomic mass is 10.2. The number of carbonyl (C=O) groups excluding carboxylic acids is 1. The molecule has 2 aromatic rings. The molecule has 3 nitrogen and oxygen atoms in total. The Kier molecular flexibility index (Phi) is 3.50. The largest absolute Gasteiger partial charge is 0.489 e. The Balaban J connectivity index is 2.04. The van der Waals surface area contributed by atoms with Crippen LogP contribution in [0.15, 0.2) is 42.7 Å². The van der Waals surface area contributed by atoms with E-state index in [0.717, 1.165) is 17.4 Å². The zero-order chi connectivity index (χ0) is 12.1. The summed E-state index contributed by atoms with van der Waals surface area (Å²) in [4.78, 5) is 14.7. The van der Waals surface area contributed by atoms with Crippen LogP contribution in [0.25, 0.3) is 0 Å². The molecule has 0 spiro atoms. The fourth-order valence-corrected chi connectivity index (χ4v) is 1.54. The molecule has 0 radical (unpaired) electrons. The number of benzene rings is 1. The highest BCUT2D eigenvalue weighted by atomic mass is 16.5. The molecular weight excluding hydrogens is 214 g/mol. The molecule has 0 N–H and O–H groups in total. The first-order valence-electron chi connectivity index (χ1n) is 5.36. The molecule has 0 saturated heterocycles. The number of hydrogen-bond donors (Lipinski definition) is 0. The first-order valence-corrected chi connectivity index (χ1v) is 5.36. The summed E-state index contributed by atoms with van der Waals surface area (Å²) in [5, 5.41) is 0. The minimum atomic E-state index is 0.455. The summed E-state index contributed by atoms with van der Waals surface area (Å²) >= 11 is 0. The first-order chi connectivity index (χ1) is 8.28. The number of pyridine rings is 1. The van der Waals surface area contributed by atoms with Crippen LogP contribution in [0.3, 0.4) is 0 Å². The number of nitrogens with zero attached hydrogens (tertiary/aromatic N) is 1. The second-order valence-corrected chi connectivity index (χ2v) is 3.85. The van der Waals surface area contributed by atoms with E-state index in [0.29, 0.717) is 17.9 Å². The van der Waals surface area contributed by atoms with E-state index < -0.39 is 0 Å². The first kappa shape index (κ1) is 11.3. The molecule has 3 heteroatoms. The predicted octanol–water partition coefficient (Wildman–Crippen LogP) is 2.78. The lowest BCUT2D eigenvalue weighted by molar-refractivity contribution is 0.112. The second-order valence-electron chi connectivity index (χ2n) is 3.85. The monoisotopic (exact) mass is 227 g/mol. The highest BCUT2D eigenvalue weighted by molar-refractivity contribution is 5.75. The second kappa shape index (κ2) is 5.25. The van der Waals surface area contributed by atoms with Crippen molar-refractivity contribution in [3.8, 4) is 5.75 Å². The average molecular weight is 227 g/mol. The number of rotatable bonds is 4. The maximum Gasteiger partial charge on any atom is 0.150 e. The van der Waals surface area contributed by atoms with E-state index >= 15 is 0 Å². The summed E-state index contributed by atoms with van der Waals surface area (Å²) in [6.45, 7) is 2.44. The smallest absolute Gasteiger partial charge is 0.150 e. The van der Waals surface area contributed by atoms with Gasteiger partial charge in [-0.25, -0.2) is 0 Å². The van der Waals surface area contributed by atoms with Gasteiger partial charge in [0.15, 0.2) is 0 Å². The van der Waals surface area contributed by atoms with Crippen molar-refractivity contribution < 1.29 is 9.53 Å². The quantitative estimate of drug-likeness (QED) is 0.754. The van der Waals surface area contributed by atoms with Gasteiger partial charge in [0.2, 0.25) is 0 Å². The number of carbonyl (C=O) groups is 1. The summed E-state index contributed by atoms with van der Waals surface area (Å²) < 4.78 is 5.59. The zero-order valence-corrected chi connectivity index (χ0v) is 9.59. The van der Waals surface area contributed by atoms with Crippen molar-refractivity contribution in [3.63, 3.8) is 0 Å². The molecule has 0 unspecified atom stereocenters. The van der Waals surface area contributed by atoms with Gasteiger partial charge in [-0.3, -0.25) is 9.78 Å². The fourth-order valence-electron chi connectivity index (χ4n) is 1.54. The number of aryl methyl sites for hydroxylation is 1. The molecule has 0 aliphatic rings. The predicted molar refractivity (Wildman–Crippen MR) is 65.1 cm³/mol. The minimum absolute atomic E-state index is 0.455. The van der Waals surface area contributed by atoms with Crippen LogP contribution in [0.1, 0.15) is 21.5 Å². The minimum Gasteiger partial charge on any atom is -0.489 e. The average Bonchev–Trinajstić information content (AvgIpc) is 2.37. The number of hydrogen-bond acceptors (Lipinski definition) is 3. The van der Waals surface area contributed by atoms with Crippen molar-refractivity contribution in [3.05, 3.63) is 59.4 Å². The van der Waals surface area contributed by atoms with Gasteiger partial charge in [-0.2, -0.15) is 0 Å². The van der Waals surface area contributed by atoms with E-state index in [1.165, 1.54) is 0 Å². The van der Waals surface area contributed by atoms with E-state index in [1.807, 2.05) is 19.1 Å². The maximum atomic E-state index is 10.6. The number of aldehydes is 1. The van der Waals surface area contributed by atoms with Crippen molar-refractivity contribution >= 4 is 6.29 Å². The van der Waals surface area contributed by atoms with Crippen molar-refractivity contribution in [2.45, 2.75) is 13.5 Å². The third kappa shape index (κ3) is 3.14. The van der Waals surface area contributed by atoms with Crippen LogP contribution in [-0.4, -0.2) is 11.3 Å². The molecule has 2 rings (SSSR count). The lowest BCUT2D eigenvalue weighted by Gasteiger charge is -2.06. The topological polar surface area (TPSA) is 39.2 Å². The maximum absolute atomic E-state index is 10.6. The Morgan fingerprint density at radius 1 is 1.29 bits per heavy atom. The molecule has 0 bridgehead atoms. The van der Waals surface area contributed by atoms with E-state index in [-0.39, 0.29) is 0 Å². The molecule has 0 atom stereocenters. The van der Waals surface area contributed by atoms with Gasteiger partial charge in [-0.15, -0.1) is 0 Å². The van der Waals surface area contributed by atoms with Gasteiger partial charge in [-0.1, -0.05) is 12.1 Å². The zero-order valence-electron chi connectivity index (χ0n) is 9.59. The summed E-state index contributed by atoms with van der Waals surface area (Å²) in [6, 6.07) is 9.12. The van der Waals surface area contributed by atoms with Crippen molar-refractivity contribution in [2.24, 2.45) is 0 Å². The fraction of sp³-hybridized carbons (Fsp3) is 0.143. The Morgan fingerprint density at radius 3 is 2.94 bits per heavy atom. The molecule has 17 heavy (non-hydrogen) atoms. The van der Waals surface area contributed by atoms with Gasteiger partial charge in [0.05, 0.1) is 0 Å². The van der Waals surface area contributed by atoms with E-state index in [2.05, 4.69) is 4.98 Å². The summed E-state index contributed by atoms with van der Waals surface area (Å²) in [5.74, 6) is 0.691. The summed E-state index contributed by atoms with van der Waals surface area (Å²) in [5.41, 5.74) is 2.74. The van der Waals surface area contributed by atoms with Gasteiger partial charge in [0.1, 0.15) is 18.6 Å². The Morgan fingerprint density at radius 2 is 2.18 bits per heavy atom. The van der Waals surface area contributed by atoms with Gasteiger partial charge in [-0.05, 0) is 30.7 Å². The molecule has 0 amide bonds. The summed E-state index contributed by atoms with van der Waals surface area (Å²) in [6.07, 6.45) is 4.38. The highest BCUT2D eigenvalue weighted by Crippen LogP contribution is 2.14. The normalized spacial score (nSPS) is 9.94. The van der Waals surface area contributed by atoms with Crippen molar-refractivity contribution in [2.75, 3.05) is 0 Å². The Bertz CT molecular complexity index is 523. The highest BCUT2D eigenvalue weighted by Gasteiger charge is 1.98. The van der Waals surface area contributed by atoms with Crippen LogP contribution < -0.4 is 4.74 Å². The Labute approximate surface area is 100 Å². The molecule has 1 aromatic heterocycles. The molecule has 0 aliphatic heterocycles. The standard InChI is InChI=1S/C14H13NO2/c1-11-5-13(8-15-7-11)10-17-14-4-2-3-12(6-14)9-16/h2-9H,10H2,1H3. The molecular formula is C14H13NO2. The number of ether oxygens (including phenoxy) is 1. The van der Waals surface area contributed by atoms with E-state index in [4.69, 9.17) is 4.74 Å². The van der Waals surface area contributed by atoms with Crippen molar-refractivity contribution in [1.82, 2.24) is 4.98 Å². The van der Waals surface area contributed by atoms with Gasteiger partial charge < -0.3 is 4.74 Å². The van der Waals surface area contributed by atoms with Crippen molar-refractivity contribution in [1.29, 1.82) is 0 Å². The van der Waals surface area contributed by atoms with Crippen LogP contribution in [0, 0.1) is 6.92 Å². The van der Waals surface area contributed by atoms with E-state index in [1.54, 1.807) is 30.6 Å². The lowest BCUT2D eigenvalue weighted by Crippen LogP contribution is -1.97. The van der Waals surface area contributed by atoms with E-state index in [9.17, 15) is 4.79 Å².